The van der Waals surface area contributed by atoms with E-state index in [9.17, 15) is 0 Å². The normalized spacial score (nSPS) is 14.9. The molecule has 0 aromatic heterocycles. The largest absolute Gasteiger partial charge is 0.394 e. The minimum absolute atomic E-state index is 0.0141. The van der Waals surface area contributed by atoms with Crippen LogP contribution in [0, 0.1) is 17.8 Å². The lowest BCUT2D eigenvalue weighted by molar-refractivity contribution is -0.0201. The topological polar surface area (TPSA) is 58.9 Å². The van der Waals surface area contributed by atoms with Crippen molar-refractivity contribution in [1.29, 1.82) is 0 Å². The number of hydrogen-bond acceptors (Lipinski definition) is 4. The Hall–Kier alpha value is -0.600. The van der Waals surface area contributed by atoms with E-state index in [2.05, 4.69) is 25.7 Å². The van der Waals surface area contributed by atoms with Crippen LogP contribution in [0.1, 0.15) is 41.0 Å². The van der Waals surface area contributed by atoms with E-state index in [4.69, 9.17) is 19.7 Å². The lowest BCUT2D eigenvalue weighted by atomic mass is 9.93. The van der Waals surface area contributed by atoms with Gasteiger partial charge in [-0.3, -0.25) is 0 Å². The van der Waals surface area contributed by atoms with Crippen molar-refractivity contribution in [3.63, 3.8) is 0 Å². The van der Waals surface area contributed by atoms with Crippen LogP contribution in [0.2, 0.25) is 0 Å². The third-order valence-electron chi connectivity index (χ3n) is 2.49. The summed E-state index contributed by atoms with van der Waals surface area (Å²) in [7, 11) is 0. The molecule has 0 heterocycles. The number of rotatable bonds is 8. The molecule has 0 bridgehead atoms. The summed E-state index contributed by atoms with van der Waals surface area (Å²) >= 11 is 0. The summed E-state index contributed by atoms with van der Waals surface area (Å²) in [4.78, 5) is 0. The van der Waals surface area contributed by atoms with Gasteiger partial charge in [0.15, 0.2) is 0 Å². The van der Waals surface area contributed by atoms with Crippen molar-refractivity contribution in [2.75, 3.05) is 26.4 Å². The van der Waals surface area contributed by atoms with Gasteiger partial charge < -0.3 is 19.7 Å². The quantitative estimate of drug-likeness (QED) is 0.659. The average Bonchev–Trinajstić information content (AvgIpc) is 2.31. The van der Waals surface area contributed by atoms with Gasteiger partial charge in [-0.1, -0.05) is 25.7 Å². The van der Waals surface area contributed by atoms with Crippen LogP contribution in [0.3, 0.4) is 0 Å². The zero-order valence-electron chi connectivity index (χ0n) is 12.8. The van der Waals surface area contributed by atoms with Crippen molar-refractivity contribution in [3.05, 3.63) is 0 Å². The fraction of sp³-hybridized carbons (Fsp3) is 0.867. The monoisotopic (exact) mass is 272 g/mol. The van der Waals surface area contributed by atoms with Crippen molar-refractivity contribution in [2.45, 2.75) is 52.2 Å². The Morgan fingerprint density at radius 2 is 1.47 bits per heavy atom. The van der Waals surface area contributed by atoms with Crippen LogP contribution in [-0.2, 0) is 9.47 Å². The molecule has 0 aliphatic carbocycles. The maximum atomic E-state index is 8.88. The first-order valence-corrected chi connectivity index (χ1v) is 6.78. The van der Waals surface area contributed by atoms with E-state index in [-0.39, 0.29) is 26.4 Å². The molecule has 0 saturated heterocycles. The highest BCUT2D eigenvalue weighted by Crippen LogP contribution is 2.21. The van der Waals surface area contributed by atoms with Crippen molar-refractivity contribution >= 4 is 0 Å². The molecule has 1 atom stereocenters. The van der Waals surface area contributed by atoms with Crippen LogP contribution in [0.4, 0.5) is 0 Å². The Morgan fingerprint density at radius 1 is 0.947 bits per heavy atom. The second-order valence-corrected chi connectivity index (χ2v) is 5.73. The van der Waals surface area contributed by atoms with E-state index in [1.165, 1.54) is 0 Å². The summed E-state index contributed by atoms with van der Waals surface area (Å²) in [6, 6.07) is 0. The lowest BCUT2D eigenvalue weighted by Crippen LogP contribution is -2.32. The highest BCUT2D eigenvalue weighted by atomic mass is 16.5. The standard InChI is InChI=1S/C15H28O4/c1-13(2)12-15(5,19-11-9-17)7-6-14(3,4)18-10-8-16/h13,16-17H,8-12H2,1-5H3. The van der Waals surface area contributed by atoms with E-state index in [1.807, 2.05) is 20.8 Å². The lowest BCUT2D eigenvalue weighted by Gasteiger charge is -2.27. The molecule has 2 N–H and O–H groups in total. The highest BCUT2D eigenvalue weighted by molar-refractivity contribution is 5.19. The van der Waals surface area contributed by atoms with Crippen molar-refractivity contribution in [2.24, 2.45) is 5.92 Å². The van der Waals surface area contributed by atoms with E-state index in [0.717, 1.165) is 6.42 Å². The first kappa shape index (κ1) is 18.4. The van der Waals surface area contributed by atoms with Gasteiger partial charge >= 0.3 is 0 Å². The third-order valence-corrected chi connectivity index (χ3v) is 2.49. The van der Waals surface area contributed by atoms with Crippen LogP contribution >= 0.6 is 0 Å². The molecule has 0 fully saturated rings. The molecule has 4 heteroatoms. The van der Waals surface area contributed by atoms with Crippen molar-refractivity contribution in [1.82, 2.24) is 0 Å². The van der Waals surface area contributed by atoms with E-state index < -0.39 is 11.2 Å². The molecule has 112 valence electrons. The molecule has 0 saturated carbocycles. The van der Waals surface area contributed by atoms with Crippen LogP contribution < -0.4 is 0 Å². The van der Waals surface area contributed by atoms with Gasteiger partial charge in [0.1, 0.15) is 11.2 Å². The maximum Gasteiger partial charge on any atom is 0.126 e. The molecule has 19 heavy (non-hydrogen) atoms. The molecule has 0 aliphatic rings. The second-order valence-electron chi connectivity index (χ2n) is 5.73. The minimum Gasteiger partial charge on any atom is -0.394 e. The molecule has 0 aromatic rings. The van der Waals surface area contributed by atoms with Gasteiger partial charge in [-0.05, 0) is 33.1 Å². The first-order valence-electron chi connectivity index (χ1n) is 6.78. The zero-order chi connectivity index (χ0) is 14.9. The van der Waals surface area contributed by atoms with Gasteiger partial charge in [-0.15, -0.1) is 0 Å². The maximum absolute atomic E-state index is 8.88. The van der Waals surface area contributed by atoms with Gasteiger partial charge in [0.2, 0.25) is 0 Å². The summed E-state index contributed by atoms with van der Waals surface area (Å²) in [6.07, 6.45) is 0.788. The molecule has 0 radical (unpaired) electrons. The van der Waals surface area contributed by atoms with Gasteiger partial charge in [0, 0.05) is 0 Å². The van der Waals surface area contributed by atoms with E-state index >= 15 is 0 Å². The van der Waals surface area contributed by atoms with Crippen molar-refractivity contribution < 1.29 is 19.7 Å². The average molecular weight is 272 g/mol. The Morgan fingerprint density at radius 3 is 1.95 bits per heavy atom. The van der Waals surface area contributed by atoms with Crippen LogP contribution in [0.15, 0.2) is 0 Å². The SMILES string of the molecule is CC(C)CC(C)(C#CC(C)(C)OCCO)OCCO. The van der Waals surface area contributed by atoms with Crippen LogP contribution in [0.25, 0.3) is 0 Å². The molecular formula is C15H28O4. The predicted molar refractivity (Wildman–Crippen MR) is 75.8 cm³/mol. The van der Waals surface area contributed by atoms with Crippen LogP contribution in [-0.4, -0.2) is 47.8 Å². The van der Waals surface area contributed by atoms with Crippen molar-refractivity contribution in [3.8, 4) is 11.8 Å². The van der Waals surface area contributed by atoms with Gasteiger partial charge in [0.05, 0.1) is 26.4 Å². The summed E-state index contributed by atoms with van der Waals surface area (Å²) < 4.78 is 11.1. The van der Waals surface area contributed by atoms with E-state index in [1.54, 1.807) is 0 Å². The van der Waals surface area contributed by atoms with E-state index in [0.29, 0.717) is 5.92 Å². The molecule has 0 rings (SSSR count). The Kier molecular flexibility index (Phi) is 8.28. The number of aliphatic hydroxyl groups is 2. The molecule has 4 nitrogen and oxygen atoms in total. The minimum atomic E-state index is -0.621. The summed E-state index contributed by atoms with van der Waals surface area (Å²) in [5.74, 6) is 6.62. The number of aliphatic hydroxyl groups excluding tert-OH is 2. The number of ether oxygens (including phenoxy) is 2. The highest BCUT2D eigenvalue weighted by Gasteiger charge is 2.25. The molecule has 0 aliphatic heterocycles. The Bertz CT molecular complexity index is 301. The predicted octanol–water partition coefficient (Wildman–Crippen LogP) is 1.59. The summed E-state index contributed by atoms with van der Waals surface area (Å²) in [5.41, 5.74) is -1.21. The molecule has 0 aromatic carbocycles. The zero-order valence-corrected chi connectivity index (χ0v) is 12.8. The second kappa shape index (κ2) is 8.55. The molecule has 1 unspecified atom stereocenters. The molecule has 0 spiro atoms. The summed E-state index contributed by atoms with van der Waals surface area (Å²) in [5, 5.41) is 17.6. The Balaban J connectivity index is 4.79. The molecule has 0 amide bonds. The summed E-state index contributed by atoms with van der Waals surface area (Å²) in [6.45, 7) is 10.4. The smallest absolute Gasteiger partial charge is 0.126 e. The van der Waals surface area contributed by atoms with Gasteiger partial charge in [-0.2, -0.15) is 0 Å². The fourth-order valence-electron chi connectivity index (χ4n) is 1.82. The fourth-order valence-corrected chi connectivity index (χ4v) is 1.82. The van der Waals surface area contributed by atoms with Gasteiger partial charge in [-0.25, -0.2) is 0 Å². The van der Waals surface area contributed by atoms with Gasteiger partial charge in [0.25, 0.3) is 0 Å². The third kappa shape index (κ3) is 9.01. The first-order chi connectivity index (χ1) is 8.74. The van der Waals surface area contributed by atoms with Crippen LogP contribution in [0.5, 0.6) is 0 Å². The molecular weight excluding hydrogens is 244 g/mol. The number of hydrogen-bond donors (Lipinski definition) is 2. The Labute approximate surface area is 117 Å².